The summed E-state index contributed by atoms with van der Waals surface area (Å²) in [7, 11) is 0. The van der Waals surface area contributed by atoms with E-state index in [4.69, 9.17) is 0 Å². The minimum absolute atomic E-state index is 0.106. The molecule has 0 atom stereocenters. The third-order valence-corrected chi connectivity index (χ3v) is 3.05. The Morgan fingerprint density at radius 3 is 2.84 bits per heavy atom. The second-order valence-electron chi connectivity index (χ2n) is 4.46. The van der Waals surface area contributed by atoms with E-state index < -0.39 is 0 Å². The molecule has 0 bridgehead atoms. The lowest BCUT2D eigenvalue weighted by molar-refractivity contribution is -0.383. The predicted octanol–water partition coefficient (Wildman–Crippen LogP) is 2.06. The molecule has 0 aliphatic heterocycles. The first-order chi connectivity index (χ1) is 9.00. The molecule has 0 saturated carbocycles. The zero-order valence-electron chi connectivity index (χ0n) is 10.8. The second-order valence-corrected chi connectivity index (χ2v) is 4.46. The summed E-state index contributed by atoms with van der Waals surface area (Å²) in [4.78, 5) is 24.7. The van der Waals surface area contributed by atoms with Crippen molar-refractivity contribution in [2.24, 2.45) is 0 Å². The Hall–Kier alpha value is -2.37. The van der Waals surface area contributed by atoms with E-state index in [1.165, 1.54) is 6.92 Å². The molecular formula is C13H15N3O3. The van der Waals surface area contributed by atoms with Gasteiger partial charge in [0.1, 0.15) is 0 Å². The lowest BCUT2D eigenvalue weighted by Crippen LogP contribution is -2.22. The number of aromatic nitrogens is 1. The summed E-state index contributed by atoms with van der Waals surface area (Å²) in [6.07, 6.45) is 2.32. The van der Waals surface area contributed by atoms with Crippen molar-refractivity contribution < 1.29 is 9.72 Å². The maximum atomic E-state index is 11.2. The highest BCUT2D eigenvalue weighted by molar-refractivity contribution is 5.93. The summed E-state index contributed by atoms with van der Waals surface area (Å²) in [6, 6.07) is 3.56. The van der Waals surface area contributed by atoms with Gasteiger partial charge in [0.2, 0.25) is 5.91 Å². The fraction of sp³-hybridized carbons (Fsp3) is 0.308. The summed E-state index contributed by atoms with van der Waals surface area (Å²) in [6.45, 7) is 3.64. The normalized spacial score (nSPS) is 10.6. The van der Waals surface area contributed by atoms with Crippen LogP contribution in [0.15, 0.2) is 18.3 Å². The Bertz CT molecular complexity index is 646. The third kappa shape index (κ3) is 2.57. The van der Waals surface area contributed by atoms with Crippen LogP contribution in [-0.4, -0.2) is 22.4 Å². The molecule has 0 saturated heterocycles. The van der Waals surface area contributed by atoms with E-state index in [1.807, 2.05) is 6.07 Å². The average Bonchev–Trinajstić information content (AvgIpc) is 2.71. The smallest absolute Gasteiger partial charge is 0.281 e. The van der Waals surface area contributed by atoms with Gasteiger partial charge < -0.3 is 10.3 Å². The molecule has 6 nitrogen and oxygen atoms in total. The standard InChI is InChI=1S/C13H15N3O3/c1-8-3-4-11-12(13(8)16(18)19)10(7-15-11)5-6-14-9(2)17/h3-4,7,15H,5-6H2,1-2H3,(H,14,17). The summed E-state index contributed by atoms with van der Waals surface area (Å²) in [5.41, 5.74) is 2.36. The molecule has 0 fully saturated rings. The number of fused-ring (bicyclic) bond motifs is 1. The van der Waals surface area contributed by atoms with E-state index in [2.05, 4.69) is 10.3 Å². The maximum Gasteiger partial charge on any atom is 0.281 e. The number of carbonyl (C=O) groups is 1. The average molecular weight is 261 g/mol. The number of amides is 1. The minimum atomic E-state index is -0.354. The van der Waals surface area contributed by atoms with Crippen LogP contribution in [0.3, 0.4) is 0 Å². The van der Waals surface area contributed by atoms with Gasteiger partial charge in [-0.1, -0.05) is 6.07 Å². The molecule has 0 unspecified atom stereocenters. The number of aromatic amines is 1. The van der Waals surface area contributed by atoms with Gasteiger partial charge in [0.15, 0.2) is 0 Å². The van der Waals surface area contributed by atoms with Crippen molar-refractivity contribution in [2.75, 3.05) is 6.54 Å². The number of nitro benzene ring substituents is 1. The summed E-state index contributed by atoms with van der Waals surface area (Å²) in [5.74, 6) is -0.106. The maximum absolute atomic E-state index is 11.2. The van der Waals surface area contributed by atoms with Crippen molar-refractivity contribution in [3.63, 3.8) is 0 Å². The van der Waals surface area contributed by atoms with Gasteiger partial charge in [-0.3, -0.25) is 14.9 Å². The topological polar surface area (TPSA) is 88.0 Å². The molecule has 2 rings (SSSR count). The molecule has 6 heteroatoms. The quantitative estimate of drug-likeness (QED) is 0.652. The second kappa shape index (κ2) is 5.09. The highest BCUT2D eigenvalue weighted by Crippen LogP contribution is 2.31. The van der Waals surface area contributed by atoms with Gasteiger partial charge in [0, 0.05) is 25.2 Å². The van der Waals surface area contributed by atoms with Crippen LogP contribution in [0, 0.1) is 17.0 Å². The predicted molar refractivity (Wildman–Crippen MR) is 72.1 cm³/mol. The molecule has 1 aromatic carbocycles. The van der Waals surface area contributed by atoms with Crippen LogP contribution in [0.4, 0.5) is 5.69 Å². The van der Waals surface area contributed by atoms with Gasteiger partial charge in [0.05, 0.1) is 15.8 Å². The van der Waals surface area contributed by atoms with Gasteiger partial charge >= 0.3 is 0 Å². The summed E-state index contributed by atoms with van der Waals surface area (Å²) in [5, 5.41) is 14.5. The molecule has 100 valence electrons. The number of H-pyrrole nitrogens is 1. The first-order valence-corrected chi connectivity index (χ1v) is 5.99. The number of nitro groups is 1. The highest BCUT2D eigenvalue weighted by Gasteiger charge is 2.19. The van der Waals surface area contributed by atoms with E-state index in [1.54, 1.807) is 19.2 Å². The van der Waals surface area contributed by atoms with Gasteiger partial charge in [-0.2, -0.15) is 0 Å². The van der Waals surface area contributed by atoms with Gasteiger partial charge in [0.25, 0.3) is 5.69 Å². The Kier molecular flexibility index (Phi) is 3.50. The highest BCUT2D eigenvalue weighted by atomic mass is 16.6. The van der Waals surface area contributed by atoms with Crippen LogP contribution >= 0.6 is 0 Å². The SMILES string of the molecule is CC(=O)NCCc1c[nH]c2ccc(C)c([N+](=O)[O-])c12. The fourth-order valence-corrected chi connectivity index (χ4v) is 2.18. The molecule has 19 heavy (non-hydrogen) atoms. The van der Waals surface area contributed by atoms with E-state index in [0.717, 1.165) is 11.1 Å². The largest absolute Gasteiger partial charge is 0.361 e. The van der Waals surface area contributed by atoms with Gasteiger partial charge in [-0.15, -0.1) is 0 Å². The van der Waals surface area contributed by atoms with Crippen LogP contribution in [0.1, 0.15) is 18.1 Å². The lowest BCUT2D eigenvalue weighted by atomic mass is 10.1. The third-order valence-electron chi connectivity index (χ3n) is 3.05. The molecule has 0 radical (unpaired) electrons. The van der Waals surface area contributed by atoms with Crippen LogP contribution in [-0.2, 0) is 11.2 Å². The van der Waals surface area contributed by atoms with Crippen molar-refractivity contribution in [1.29, 1.82) is 0 Å². The Morgan fingerprint density at radius 2 is 2.21 bits per heavy atom. The van der Waals surface area contributed by atoms with E-state index >= 15 is 0 Å². The number of rotatable bonds is 4. The Labute approximate surface area is 110 Å². The molecule has 2 aromatic rings. The van der Waals surface area contributed by atoms with Crippen LogP contribution in [0.25, 0.3) is 10.9 Å². The van der Waals surface area contributed by atoms with E-state index in [9.17, 15) is 14.9 Å². The van der Waals surface area contributed by atoms with Crippen LogP contribution < -0.4 is 5.32 Å². The number of nitrogens with one attached hydrogen (secondary N) is 2. The molecule has 0 spiro atoms. The zero-order valence-corrected chi connectivity index (χ0v) is 10.8. The Balaban J connectivity index is 2.42. The van der Waals surface area contributed by atoms with Crippen molar-refractivity contribution >= 4 is 22.5 Å². The van der Waals surface area contributed by atoms with Crippen molar-refractivity contribution in [1.82, 2.24) is 10.3 Å². The number of aryl methyl sites for hydroxylation is 1. The fourth-order valence-electron chi connectivity index (χ4n) is 2.18. The monoisotopic (exact) mass is 261 g/mol. The number of carbonyl (C=O) groups excluding carboxylic acids is 1. The zero-order chi connectivity index (χ0) is 14.0. The molecule has 1 aromatic heterocycles. The van der Waals surface area contributed by atoms with Crippen molar-refractivity contribution in [3.05, 3.63) is 39.6 Å². The number of hydrogen-bond acceptors (Lipinski definition) is 3. The molecular weight excluding hydrogens is 246 g/mol. The van der Waals surface area contributed by atoms with E-state index in [0.29, 0.717) is 23.9 Å². The summed E-state index contributed by atoms with van der Waals surface area (Å²) >= 11 is 0. The number of hydrogen-bond donors (Lipinski definition) is 2. The molecule has 2 N–H and O–H groups in total. The first kappa shape index (κ1) is 13.1. The molecule has 0 aliphatic rings. The molecule has 1 amide bonds. The minimum Gasteiger partial charge on any atom is -0.361 e. The number of benzene rings is 1. The van der Waals surface area contributed by atoms with Crippen molar-refractivity contribution in [3.8, 4) is 0 Å². The first-order valence-electron chi connectivity index (χ1n) is 5.99. The number of nitrogens with zero attached hydrogens (tertiary/aromatic N) is 1. The Morgan fingerprint density at radius 1 is 1.47 bits per heavy atom. The van der Waals surface area contributed by atoms with Crippen LogP contribution in [0.2, 0.25) is 0 Å². The van der Waals surface area contributed by atoms with Gasteiger partial charge in [-0.05, 0) is 25.0 Å². The van der Waals surface area contributed by atoms with Crippen molar-refractivity contribution in [2.45, 2.75) is 20.3 Å². The van der Waals surface area contributed by atoms with E-state index in [-0.39, 0.29) is 16.5 Å². The summed E-state index contributed by atoms with van der Waals surface area (Å²) < 4.78 is 0. The molecule has 1 heterocycles. The molecule has 0 aliphatic carbocycles. The lowest BCUT2D eigenvalue weighted by Gasteiger charge is -2.03. The van der Waals surface area contributed by atoms with Crippen LogP contribution in [0.5, 0.6) is 0 Å². The van der Waals surface area contributed by atoms with Gasteiger partial charge in [-0.25, -0.2) is 0 Å².